The van der Waals surface area contributed by atoms with Crippen molar-refractivity contribution < 1.29 is 18.0 Å². The van der Waals surface area contributed by atoms with Gasteiger partial charge in [0.1, 0.15) is 0 Å². The van der Waals surface area contributed by atoms with Crippen LogP contribution in [0.4, 0.5) is 13.2 Å². The minimum absolute atomic E-state index is 0.0374. The summed E-state index contributed by atoms with van der Waals surface area (Å²) >= 11 is 5.87. The molecule has 6 nitrogen and oxygen atoms in total. The lowest BCUT2D eigenvalue weighted by Crippen LogP contribution is -2.33. The Balaban J connectivity index is 1.63. The maximum absolute atomic E-state index is 12.7. The van der Waals surface area contributed by atoms with E-state index in [-0.39, 0.29) is 18.0 Å². The third-order valence-corrected chi connectivity index (χ3v) is 4.52. The Morgan fingerprint density at radius 1 is 1.23 bits per heavy atom. The molecule has 0 radical (unpaired) electrons. The van der Waals surface area contributed by atoms with Gasteiger partial charge in [0.15, 0.2) is 6.04 Å². The SMILES string of the molecule is CCC(C(=O)NCC#Cc1cccc(C(F)(F)F)c1)n1nnc(-c2ccc(Cl)cc2)n1. The van der Waals surface area contributed by atoms with Gasteiger partial charge in [0.25, 0.3) is 0 Å². The highest BCUT2D eigenvalue weighted by atomic mass is 35.5. The number of hydrogen-bond acceptors (Lipinski definition) is 4. The van der Waals surface area contributed by atoms with Crippen molar-refractivity contribution in [2.75, 3.05) is 6.54 Å². The highest BCUT2D eigenvalue weighted by Crippen LogP contribution is 2.29. The summed E-state index contributed by atoms with van der Waals surface area (Å²) in [5.74, 6) is 5.24. The summed E-state index contributed by atoms with van der Waals surface area (Å²) < 4.78 is 38.2. The lowest BCUT2D eigenvalue weighted by Gasteiger charge is -2.11. The maximum atomic E-state index is 12.7. The number of rotatable bonds is 5. The molecule has 0 aliphatic rings. The number of nitrogens with zero attached hydrogens (tertiary/aromatic N) is 4. The summed E-state index contributed by atoms with van der Waals surface area (Å²) in [5.41, 5.74) is 0.141. The van der Waals surface area contributed by atoms with Gasteiger partial charge in [-0.1, -0.05) is 36.4 Å². The van der Waals surface area contributed by atoms with E-state index in [2.05, 4.69) is 32.6 Å². The van der Waals surface area contributed by atoms with Crippen molar-refractivity contribution in [1.82, 2.24) is 25.5 Å². The van der Waals surface area contributed by atoms with E-state index < -0.39 is 17.8 Å². The van der Waals surface area contributed by atoms with Crippen LogP contribution in [0.5, 0.6) is 0 Å². The number of benzene rings is 2. The third-order valence-electron chi connectivity index (χ3n) is 4.27. The average molecular weight is 448 g/mol. The topological polar surface area (TPSA) is 72.7 Å². The Morgan fingerprint density at radius 3 is 2.65 bits per heavy atom. The van der Waals surface area contributed by atoms with E-state index in [1.807, 2.05) is 0 Å². The first-order chi connectivity index (χ1) is 14.8. The number of amides is 1. The molecule has 10 heteroatoms. The van der Waals surface area contributed by atoms with Crippen molar-refractivity contribution in [3.63, 3.8) is 0 Å². The highest BCUT2D eigenvalue weighted by molar-refractivity contribution is 6.30. The van der Waals surface area contributed by atoms with Gasteiger partial charge in [-0.05, 0) is 54.1 Å². The molecular weight excluding hydrogens is 431 g/mol. The van der Waals surface area contributed by atoms with Crippen LogP contribution in [0.3, 0.4) is 0 Å². The summed E-state index contributed by atoms with van der Waals surface area (Å²) in [6.07, 6.45) is -4.03. The molecule has 160 valence electrons. The van der Waals surface area contributed by atoms with Crippen molar-refractivity contribution in [3.8, 4) is 23.2 Å². The van der Waals surface area contributed by atoms with Crippen LogP contribution < -0.4 is 5.32 Å². The Bertz CT molecular complexity index is 1120. The molecule has 1 atom stereocenters. The standard InChI is InChI=1S/C21H17ClF3N5O/c1-2-18(30-28-19(27-29-30)15-8-10-17(22)11-9-15)20(31)26-12-4-6-14-5-3-7-16(13-14)21(23,24)25/h3,5,7-11,13,18H,2,12H2,1H3,(H,26,31). The highest BCUT2D eigenvalue weighted by Gasteiger charge is 2.30. The van der Waals surface area contributed by atoms with Crippen molar-refractivity contribution >= 4 is 17.5 Å². The van der Waals surface area contributed by atoms with E-state index >= 15 is 0 Å². The largest absolute Gasteiger partial charge is 0.416 e. The second-order valence-electron chi connectivity index (χ2n) is 6.46. The van der Waals surface area contributed by atoms with Gasteiger partial charge in [-0.25, -0.2) is 0 Å². The number of hydrogen-bond donors (Lipinski definition) is 1. The molecule has 3 rings (SSSR count). The smallest absolute Gasteiger partial charge is 0.343 e. The summed E-state index contributed by atoms with van der Waals surface area (Å²) in [6, 6.07) is 10.9. The zero-order chi connectivity index (χ0) is 22.4. The van der Waals surface area contributed by atoms with E-state index in [0.717, 1.165) is 12.1 Å². The van der Waals surface area contributed by atoms with Gasteiger partial charge in [0, 0.05) is 16.1 Å². The molecule has 2 aromatic carbocycles. The van der Waals surface area contributed by atoms with Crippen molar-refractivity contribution in [3.05, 3.63) is 64.7 Å². The number of nitrogens with one attached hydrogen (secondary N) is 1. The quantitative estimate of drug-likeness (QED) is 0.597. The van der Waals surface area contributed by atoms with Gasteiger partial charge in [0.2, 0.25) is 11.7 Å². The zero-order valence-electron chi connectivity index (χ0n) is 16.3. The summed E-state index contributed by atoms with van der Waals surface area (Å²) in [5, 5.41) is 15.4. The van der Waals surface area contributed by atoms with Crippen molar-refractivity contribution in [2.24, 2.45) is 0 Å². The van der Waals surface area contributed by atoms with E-state index in [1.54, 1.807) is 31.2 Å². The second-order valence-corrected chi connectivity index (χ2v) is 6.90. The number of alkyl halides is 3. The van der Waals surface area contributed by atoms with Gasteiger partial charge < -0.3 is 5.32 Å². The van der Waals surface area contributed by atoms with Crippen LogP contribution >= 0.6 is 11.6 Å². The van der Waals surface area contributed by atoms with Crippen LogP contribution in [0.15, 0.2) is 48.5 Å². The molecule has 0 aliphatic heterocycles. The van der Waals surface area contributed by atoms with E-state index in [9.17, 15) is 18.0 Å². The molecule has 1 amide bonds. The fourth-order valence-corrected chi connectivity index (χ4v) is 2.82. The van der Waals surface area contributed by atoms with E-state index in [1.165, 1.54) is 16.9 Å². The van der Waals surface area contributed by atoms with Crippen LogP contribution in [0.25, 0.3) is 11.4 Å². The molecule has 31 heavy (non-hydrogen) atoms. The molecule has 0 saturated carbocycles. The van der Waals surface area contributed by atoms with Crippen LogP contribution in [-0.4, -0.2) is 32.7 Å². The van der Waals surface area contributed by atoms with Crippen molar-refractivity contribution in [2.45, 2.75) is 25.6 Å². The molecule has 0 spiro atoms. The van der Waals surface area contributed by atoms with Crippen LogP contribution in [0, 0.1) is 11.8 Å². The first-order valence-corrected chi connectivity index (χ1v) is 9.65. The Morgan fingerprint density at radius 2 is 1.97 bits per heavy atom. The predicted octanol–water partition coefficient (Wildman–Crippen LogP) is 4.13. The number of halogens is 4. The Hall–Kier alpha value is -3.38. The molecule has 0 saturated heterocycles. The van der Waals surface area contributed by atoms with Crippen LogP contribution in [0.2, 0.25) is 5.02 Å². The lowest BCUT2D eigenvalue weighted by molar-refractivity contribution is -0.137. The molecular formula is C21H17ClF3N5O. The number of aromatic nitrogens is 4. The molecule has 0 bridgehead atoms. The fourth-order valence-electron chi connectivity index (χ4n) is 2.69. The normalized spacial score (nSPS) is 12.0. The zero-order valence-corrected chi connectivity index (χ0v) is 17.1. The van der Waals surface area contributed by atoms with E-state index in [0.29, 0.717) is 22.8 Å². The average Bonchev–Trinajstić information content (AvgIpc) is 3.21. The van der Waals surface area contributed by atoms with Gasteiger partial charge in [-0.2, -0.15) is 18.0 Å². The number of tetrazole rings is 1. The summed E-state index contributed by atoms with van der Waals surface area (Å²) in [7, 11) is 0. The van der Waals surface area contributed by atoms with Crippen molar-refractivity contribution in [1.29, 1.82) is 0 Å². The van der Waals surface area contributed by atoms with Gasteiger partial charge >= 0.3 is 6.18 Å². The molecule has 0 fully saturated rings. The molecule has 0 aliphatic carbocycles. The van der Waals surface area contributed by atoms with Gasteiger partial charge in [-0.15, -0.1) is 10.2 Å². The molecule has 3 aromatic rings. The number of carbonyl (C=O) groups is 1. The van der Waals surface area contributed by atoms with Gasteiger partial charge in [-0.3, -0.25) is 4.79 Å². The monoisotopic (exact) mass is 447 g/mol. The minimum atomic E-state index is -4.43. The Labute approximate surface area is 181 Å². The molecule has 1 unspecified atom stereocenters. The van der Waals surface area contributed by atoms with Gasteiger partial charge in [0.05, 0.1) is 12.1 Å². The van der Waals surface area contributed by atoms with Crippen LogP contribution in [0.1, 0.15) is 30.5 Å². The summed E-state index contributed by atoms with van der Waals surface area (Å²) in [6.45, 7) is 1.76. The number of carbonyl (C=O) groups excluding carboxylic acids is 1. The summed E-state index contributed by atoms with van der Waals surface area (Å²) in [4.78, 5) is 13.7. The lowest BCUT2D eigenvalue weighted by atomic mass is 10.1. The maximum Gasteiger partial charge on any atom is 0.416 e. The third kappa shape index (κ3) is 5.83. The fraction of sp³-hybridized carbons (Fsp3) is 0.238. The molecule has 1 heterocycles. The first kappa shape index (κ1) is 22.3. The molecule has 1 aromatic heterocycles. The first-order valence-electron chi connectivity index (χ1n) is 9.27. The van der Waals surface area contributed by atoms with E-state index in [4.69, 9.17) is 11.6 Å². The second kappa shape index (κ2) is 9.62. The Kier molecular flexibility index (Phi) is 6.92. The van der Waals surface area contributed by atoms with Crippen LogP contribution in [-0.2, 0) is 11.0 Å². The predicted molar refractivity (Wildman–Crippen MR) is 109 cm³/mol. The minimum Gasteiger partial charge on any atom is -0.343 e. The molecule has 1 N–H and O–H groups in total.